The average molecular weight is 170 g/mol. The van der Waals surface area contributed by atoms with Gasteiger partial charge in [-0.15, -0.1) is 0 Å². The summed E-state index contributed by atoms with van der Waals surface area (Å²) in [4.78, 5) is 22.6. The molecule has 0 aliphatic rings. The van der Waals surface area contributed by atoms with Crippen molar-refractivity contribution >= 4 is 5.69 Å². The fraction of sp³-hybridized carbons (Fsp3) is 0.167. The van der Waals surface area contributed by atoms with Gasteiger partial charge in [-0.25, -0.2) is 0 Å². The minimum atomic E-state index is -0.708. The molecule has 1 aromatic heterocycles. The average Bonchev–Trinajstić information content (AvgIpc) is 2.03. The van der Waals surface area contributed by atoms with Gasteiger partial charge in [0.1, 0.15) is 5.56 Å². The van der Waals surface area contributed by atoms with Crippen LogP contribution in [0, 0.1) is 10.1 Å². The van der Waals surface area contributed by atoms with Crippen LogP contribution in [0.1, 0.15) is 5.56 Å². The molecule has 0 aromatic carbocycles. The highest BCUT2D eigenvalue weighted by atomic mass is 16.6. The first kappa shape index (κ1) is 8.41. The maximum Gasteiger partial charge on any atom is 0.281 e. The smallest absolute Gasteiger partial charge is 0.281 e. The van der Waals surface area contributed by atoms with Gasteiger partial charge in [0.2, 0.25) is 0 Å². The number of nitrogens with one attached hydrogen (secondary N) is 1. The Hall–Kier alpha value is -1.69. The molecule has 12 heavy (non-hydrogen) atoms. The molecule has 64 valence electrons. The third kappa shape index (κ3) is 1.32. The number of aliphatic hydroxyl groups is 1. The van der Waals surface area contributed by atoms with Gasteiger partial charge < -0.3 is 10.1 Å². The Morgan fingerprint density at radius 2 is 2.33 bits per heavy atom. The highest BCUT2D eigenvalue weighted by Gasteiger charge is 2.14. The van der Waals surface area contributed by atoms with Crippen LogP contribution >= 0.6 is 0 Å². The Bertz CT molecular complexity index is 357. The van der Waals surface area contributed by atoms with Gasteiger partial charge in [0, 0.05) is 12.3 Å². The number of H-pyrrole nitrogens is 1. The van der Waals surface area contributed by atoms with E-state index in [1.54, 1.807) is 0 Å². The zero-order valence-corrected chi connectivity index (χ0v) is 5.98. The highest BCUT2D eigenvalue weighted by Crippen LogP contribution is 2.11. The number of hydrogen-bond donors (Lipinski definition) is 2. The molecule has 1 heterocycles. The number of nitrogens with zero attached hydrogens (tertiary/aromatic N) is 1. The Morgan fingerprint density at radius 1 is 1.67 bits per heavy atom. The number of hydrogen-bond acceptors (Lipinski definition) is 4. The van der Waals surface area contributed by atoms with Gasteiger partial charge in [0.25, 0.3) is 11.2 Å². The van der Waals surface area contributed by atoms with Crippen LogP contribution in [-0.4, -0.2) is 15.0 Å². The maximum absolute atomic E-state index is 10.9. The van der Waals surface area contributed by atoms with Crippen molar-refractivity contribution in [2.24, 2.45) is 0 Å². The molecule has 0 unspecified atom stereocenters. The minimum absolute atomic E-state index is 0.220. The maximum atomic E-state index is 10.9. The van der Waals surface area contributed by atoms with Gasteiger partial charge in [-0.1, -0.05) is 0 Å². The molecule has 1 rings (SSSR count). The van der Waals surface area contributed by atoms with Crippen molar-refractivity contribution in [1.29, 1.82) is 0 Å². The molecule has 0 saturated heterocycles. The summed E-state index contributed by atoms with van der Waals surface area (Å²) in [7, 11) is 0. The monoisotopic (exact) mass is 170 g/mol. The second-order valence-electron chi connectivity index (χ2n) is 2.09. The molecule has 0 amide bonds. The summed E-state index contributed by atoms with van der Waals surface area (Å²) in [5.74, 6) is 0. The molecule has 0 aliphatic heterocycles. The zero-order chi connectivity index (χ0) is 9.14. The van der Waals surface area contributed by atoms with Gasteiger partial charge >= 0.3 is 0 Å². The van der Waals surface area contributed by atoms with Gasteiger partial charge in [0.15, 0.2) is 0 Å². The molecule has 0 fully saturated rings. The van der Waals surface area contributed by atoms with Crippen molar-refractivity contribution < 1.29 is 10.0 Å². The molecule has 6 nitrogen and oxygen atoms in total. The Labute approximate surface area is 66.6 Å². The van der Waals surface area contributed by atoms with Crippen LogP contribution < -0.4 is 5.56 Å². The summed E-state index contributed by atoms with van der Waals surface area (Å²) in [6.07, 6.45) is 1.17. The number of nitro groups is 1. The van der Waals surface area contributed by atoms with Crippen LogP contribution in [0.25, 0.3) is 0 Å². The second-order valence-corrected chi connectivity index (χ2v) is 2.09. The van der Waals surface area contributed by atoms with Crippen molar-refractivity contribution in [3.05, 3.63) is 38.3 Å². The molecular weight excluding hydrogens is 164 g/mol. The highest BCUT2D eigenvalue weighted by molar-refractivity contribution is 5.36. The van der Waals surface area contributed by atoms with Crippen molar-refractivity contribution in [3.63, 3.8) is 0 Å². The Balaban J connectivity index is 3.38. The molecule has 2 N–H and O–H groups in total. The Morgan fingerprint density at radius 3 is 2.75 bits per heavy atom. The first-order valence-electron chi connectivity index (χ1n) is 3.12. The predicted molar refractivity (Wildman–Crippen MR) is 39.6 cm³/mol. The molecule has 0 bridgehead atoms. The lowest BCUT2D eigenvalue weighted by molar-refractivity contribution is -0.386. The third-order valence-electron chi connectivity index (χ3n) is 1.39. The summed E-state index contributed by atoms with van der Waals surface area (Å²) in [6.45, 7) is -0.632. The quantitative estimate of drug-likeness (QED) is 0.473. The number of pyridine rings is 1. The number of rotatable bonds is 2. The molecule has 6 heteroatoms. The summed E-state index contributed by atoms with van der Waals surface area (Å²) >= 11 is 0. The number of aromatic nitrogens is 1. The van der Waals surface area contributed by atoms with Gasteiger partial charge in [-0.2, -0.15) is 0 Å². The van der Waals surface area contributed by atoms with Crippen molar-refractivity contribution in [2.45, 2.75) is 6.61 Å². The van der Waals surface area contributed by atoms with Crippen LogP contribution in [0.2, 0.25) is 0 Å². The Kier molecular flexibility index (Phi) is 2.20. The summed E-state index contributed by atoms with van der Waals surface area (Å²) in [5, 5.41) is 18.9. The number of aliphatic hydroxyl groups excluding tert-OH is 1. The van der Waals surface area contributed by atoms with E-state index in [1.807, 2.05) is 0 Å². The van der Waals surface area contributed by atoms with E-state index in [4.69, 9.17) is 5.11 Å². The van der Waals surface area contributed by atoms with Crippen molar-refractivity contribution in [1.82, 2.24) is 4.98 Å². The second kappa shape index (κ2) is 3.14. The van der Waals surface area contributed by atoms with Crippen LogP contribution in [0.4, 0.5) is 5.69 Å². The van der Waals surface area contributed by atoms with E-state index in [9.17, 15) is 14.9 Å². The fourth-order valence-corrected chi connectivity index (χ4v) is 0.824. The van der Waals surface area contributed by atoms with Gasteiger partial charge in [-0.05, 0) is 0 Å². The largest absolute Gasteiger partial charge is 0.391 e. The SMILES string of the molecule is O=c1[nH]ccc([N+](=O)[O-])c1CO. The zero-order valence-electron chi connectivity index (χ0n) is 5.98. The van der Waals surface area contributed by atoms with Gasteiger partial charge in [0.05, 0.1) is 11.5 Å². The van der Waals surface area contributed by atoms with E-state index in [-0.39, 0.29) is 11.3 Å². The first-order valence-corrected chi connectivity index (χ1v) is 3.12. The van der Waals surface area contributed by atoms with Crippen molar-refractivity contribution in [2.75, 3.05) is 0 Å². The molecular formula is C6H6N2O4. The normalized spacial score (nSPS) is 9.75. The molecule has 0 spiro atoms. The van der Waals surface area contributed by atoms with E-state index in [2.05, 4.69) is 4.98 Å². The predicted octanol–water partition coefficient (Wildman–Crippen LogP) is -0.225. The van der Waals surface area contributed by atoms with E-state index in [0.717, 1.165) is 6.07 Å². The topological polar surface area (TPSA) is 96.2 Å². The van der Waals surface area contributed by atoms with Crippen LogP contribution in [0.5, 0.6) is 0 Å². The summed E-state index contributed by atoms with van der Waals surface area (Å²) < 4.78 is 0. The fourth-order valence-electron chi connectivity index (χ4n) is 0.824. The van der Waals surface area contributed by atoms with E-state index < -0.39 is 17.1 Å². The molecule has 1 aromatic rings. The molecule has 0 saturated carbocycles. The lowest BCUT2D eigenvalue weighted by Gasteiger charge is -1.95. The molecule has 0 atom stereocenters. The minimum Gasteiger partial charge on any atom is -0.391 e. The summed E-state index contributed by atoms with van der Waals surface area (Å²) in [6, 6.07) is 1.13. The lowest BCUT2D eigenvalue weighted by Crippen LogP contribution is -2.14. The van der Waals surface area contributed by atoms with Crippen LogP contribution in [0.3, 0.4) is 0 Å². The molecule has 0 aliphatic carbocycles. The van der Waals surface area contributed by atoms with Crippen LogP contribution in [0.15, 0.2) is 17.1 Å². The summed E-state index contributed by atoms with van der Waals surface area (Å²) in [5.41, 5.74) is -1.21. The van der Waals surface area contributed by atoms with E-state index >= 15 is 0 Å². The standard InChI is InChI=1S/C6H6N2O4/c9-3-4-5(8(11)12)1-2-7-6(4)10/h1-2,9H,3H2,(H,7,10). The number of aromatic amines is 1. The first-order chi connectivity index (χ1) is 5.66. The van der Waals surface area contributed by atoms with Crippen molar-refractivity contribution in [3.8, 4) is 0 Å². The molecule has 0 radical (unpaired) electrons. The third-order valence-corrected chi connectivity index (χ3v) is 1.39. The van der Waals surface area contributed by atoms with Crippen LogP contribution in [-0.2, 0) is 6.61 Å². The van der Waals surface area contributed by atoms with E-state index in [0.29, 0.717) is 0 Å². The lowest BCUT2D eigenvalue weighted by atomic mass is 10.2. The van der Waals surface area contributed by atoms with E-state index in [1.165, 1.54) is 6.20 Å². The van der Waals surface area contributed by atoms with Gasteiger partial charge in [-0.3, -0.25) is 14.9 Å².